The molecule has 9 heteroatoms. The van der Waals surface area contributed by atoms with Crippen molar-refractivity contribution in [2.24, 2.45) is 0 Å². The lowest BCUT2D eigenvalue weighted by molar-refractivity contribution is -0.139. The Morgan fingerprint density at radius 3 is 2.05 bits per heavy atom. The molecule has 0 atom stereocenters. The third-order valence-electron chi connectivity index (χ3n) is 3.83. The third kappa shape index (κ3) is 7.11. The second-order valence-electron chi connectivity index (χ2n) is 5.25. The molecule has 0 radical (unpaired) electrons. The lowest BCUT2D eigenvalue weighted by Crippen LogP contribution is -2.52. The number of piperazine rings is 1. The molecule has 2 rings (SSSR count). The Morgan fingerprint density at radius 1 is 0.909 bits per heavy atom. The number of hydrogen-bond donors (Lipinski definition) is 1. The smallest absolute Gasteiger partial charge is 0.304 e. The monoisotopic (exact) mass is 357 g/mol. The van der Waals surface area contributed by atoms with Gasteiger partial charge in [0, 0.05) is 45.8 Å². The van der Waals surface area contributed by atoms with Crippen LogP contribution in [-0.4, -0.2) is 97.3 Å². The number of hydrogen-bond acceptors (Lipinski definition) is 5. The van der Waals surface area contributed by atoms with Gasteiger partial charge in [0.05, 0.1) is 26.2 Å². The van der Waals surface area contributed by atoms with E-state index in [-0.39, 0.29) is 37.1 Å². The second kappa shape index (κ2) is 11.0. The van der Waals surface area contributed by atoms with E-state index in [1.165, 1.54) is 0 Å². The fraction of sp³-hybridized carbons (Fsp3) is 0.846. The highest BCUT2D eigenvalue weighted by Crippen LogP contribution is 2.05. The number of carbonyl (C=O) groups excluding carboxylic acids is 1. The first-order valence-electron chi connectivity index (χ1n) is 7.17. The minimum atomic E-state index is -0.768. The van der Waals surface area contributed by atoms with Gasteiger partial charge >= 0.3 is 5.97 Å². The topological polar surface area (TPSA) is 73.3 Å². The largest absolute Gasteiger partial charge is 0.481 e. The highest BCUT2D eigenvalue weighted by Gasteiger charge is 2.23. The molecule has 0 aromatic heterocycles. The van der Waals surface area contributed by atoms with Crippen LogP contribution in [0.25, 0.3) is 0 Å². The molecule has 7 nitrogen and oxygen atoms in total. The molecule has 2 heterocycles. The van der Waals surface area contributed by atoms with E-state index >= 15 is 0 Å². The molecule has 2 saturated heterocycles. The first-order valence-corrected chi connectivity index (χ1v) is 7.17. The lowest BCUT2D eigenvalue weighted by atomic mass is 10.2. The molecule has 130 valence electrons. The molecule has 0 aliphatic carbocycles. The summed E-state index contributed by atoms with van der Waals surface area (Å²) in [5.41, 5.74) is 0. The number of rotatable bonds is 5. The van der Waals surface area contributed by atoms with Crippen LogP contribution >= 0.6 is 24.8 Å². The fourth-order valence-corrected chi connectivity index (χ4v) is 2.53. The minimum absolute atomic E-state index is 0. The number of aliphatic carboxylic acids is 1. The van der Waals surface area contributed by atoms with Crippen LogP contribution in [0.4, 0.5) is 0 Å². The number of nitrogens with zero attached hydrogens (tertiary/aromatic N) is 3. The predicted octanol–water partition coefficient (Wildman–Crippen LogP) is -0.219. The van der Waals surface area contributed by atoms with Crippen LogP contribution in [0.3, 0.4) is 0 Å². The van der Waals surface area contributed by atoms with Crippen molar-refractivity contribution < 1.29 is 19.4 Å². The summed E-state index contributed by atoms with van der Waals surface area (Å²) in [4.78, 5) is 28.8. The van der Waals surface area contributed by atoms with Gasteiger partial charge in [-0.2, -0.15) is 0 Å². The standard InChI is InChI=1S/C13H23N3O4.2ClH/c17-12(11-15-7-9-20-10-8-15)16-5-3-14(4-6-16)2-1-13(18)19;;/h1-11H2,(H,18,19);2*1H. The molecule has 1 N–H and O–H groups in total. The molecule has 2 fully saturated rings. The van der Waals surface area contributed by atoms with Crippen molar-refractivity contribution in [1.29, 1.82) is 0 Å². The molecule has 0 saturated carbocycles. The van der Waals surface area contributed by atoms with Gasteiger partial charge in [-0.25, -0.2) is 0 Å². The molecule has 0 bridgehead atoms. The molecule has 0 spiro atoms. The number of amides is 1. The molecule has 0 aromatic rings. The van der Waals surface area contributed by atoms with Crippen LogP contribution in [0.15, 0.2) is 0 Å². The second-order valence-corrected chi connectivity index (χ2v) is 5.25. The number of carboxylic acids is 1. The predicted molar refractivity (Wildman–Crippen MR) is 87.0 cm³/mol. The summed E-state index contributed by atoms with van der Waals surface area (Å²) in [6.45, 7) is 7.02. The van der Waals surface area contributed by atoms with Gasteiger partial charge in [-0.05, 0) is 0 Å². The summed E-state index contributed by atoms with van der Waals surface area (Å²) in [6, 6.07) is 0. The van der Waals surface area contributed by atoms with E-state index in [0.29, 0.717) is 39.4 Å². The maximum absolute atomic E-state index is 12.2. The summed E-state index contributed by atoms with van der Waals surface area (Å²) >= 11 is 0. The number of carbonyl (C=O) groups is 2. The summed E-state index contributed by atoms with van der Waals surface area (Å²) in [5, 5.41) is 8.66. The van der Waals surface area contributed by atoms with Crippen LogP contribution in [0, 0.1) is 0 Å². The van der Waals surface area contributed by atoms with Gasteiger partial charge < -0.3 is 14.7 Å². The SMILES string of the molecule is Cl.Cl.O=C(O)CCN1CCN(C(=O)CN2CCOCC2)CC1. The number of ether oxygens (including phenoxy) is 1. The quantitative estimate of drug-likeness (QED) is 0.733. The summed E-state index contributed by atoms with van der Waals surface area (Å²) in [7, 11) is 0. The van der Waals surface area contributed by atoms with E-state index in [0.717, 1.165) is 26.2 Å². The first kappa shape index (κ1) is 21.4. The van der Waals surface area contributed by atoms with Crippen molar-refractivity contribution in [3.63, 3.8) is 0 Å². The van der Waals surface area contributed by atoms with Crippen molar-refractivity contribution in [3.8, 4) is 0 Å². The van der Waals surface area contributed by atoms with E-state index in [1.54, 1.807) is 0 Å². The summed E-state index contributed by atoms with van der Waals surface area (Å²) in [5.74, 6) is -0.597. The molecule has 2 aliphatic rings. The molecular weight excluding hydrogens is 333 g/mol. The maximum atomic E-state index is 12.2. The van der Waals surface area contributed by atoms with Gasteiger partial charge in [-0.15, -0.1) is 24.8 Å². The highest BCUT2D eigenvalue weighted by molar-refractivity contribution is 5.85. The third-order valence-corrected chi connectivity index (χ3v) is 3.83. The van der Waals surface area contributed by atoms with Crippen LogP contribution in [0.5, 0.6) is 0 Å². The van der Waals surface area contributed by atoms with E-state index < -0.39 is 5.97 Å². The molecule has 0 unspecified atom stereocenters. The normalized spacial score (nSPS) is 19.9. The average Bonchev–Trinajstić information content (AvgIpc) is 2.46. The first-order chi connectivity index (χ1) is 9.65. The molecule has 22 heavy (non-hydrogen) atoms. The van der Waals surface area contributed by atoms with Crippen LogP contribution in [0.2, 0.25) is 0 Å². The average molecular weight is 358 g/mol. The van der Waals surface area contributed by atoms with Gasteiger partial charge in [0.15, 0.2) is 0 Å². The van der Waals surface area contributed by atoms with Crippen molar-refractivity contribution in [1.82, 2.24) is 14.7 Å². The zero-order valence-electron chi connectivity index (χ0n) is 12.6. The molecule has 2 aliphatic heterocycles. The van der Waals surface area contributed by atoms with E-state index in [1.807, 2.05) is 4.90 Å². The Morgan fingerprint density at radius 2 is 1.50 bits per heavy atom. The summed E-state index contributed by atoms with van der Waals surface area (Å²) in [6.07, 6.45) is 0.168. The zero-order valence-corrected chi connectivity index (χ0v) is 14.2. The number of halogens is 2. The maximum Gasteiger partial charge on any atom is 0.304 e. The minimum Gasteiger partial charge on any atom is -0.481 e. The van der Waals surface area contributed by atoms with Crippen molar-refractivity contribution >= 4 is 36.7 Å². The zero-order chi connectivity index (χ0) is 14.4. The van der Waals surface area contributed by atoms with Crippen LogP contribution in [-0.2, 0) is 14.3 Å². The Hall–Kier alpha value is -0.600. The van der Waals surface area contributed by atoms with Gasteiger partial charge in [-0.3, -0.25) is 19.4 Å². The van der Waals surface area contributed by atoms with Gasteiger partial charge in [-0.1, -0.05) is 0 Å². The van der Waals surface area contributed by atoms with Gasteiger partial charge in [0.2, 0.25) is 5.91 Å². The number of carboxylic acid groups (broad SMARTS) is 1. The van der Waals surface area contributed by atoms with E-state index in [4.69, 9.17) is 9.84 Å². The Labute approximate surface area is 143 Å². The van der Waals surface area contributed by atoms with Crippen molar-refractivity contribution in [3.05, 3.63) is 0 Å². The van der Waals surface area contributed by atoms with Crippen molar-refractivity contribution in [2.45, 2.75) is 6.42 Å². The van der Waals surface area contributed by atoms with E-state index in [2.05, 4.69) is 9.80 Å². The molecular formula is C13H25Cl2N3O4. The Balaban J connectivity index is 0.00000220. The summed E-state index contributed by atoms with van der Waals surface area (Å²) < 4.78 is 5.27. The van der Waals surface area contributed by atoms with E-state index in [9.17, 15) is 9.59 Å². The van der Waals surface area contributed by atoms with Crippen LogP contribution in [0.1, 0.15) is 6.42 Å². The molecule has 0 aromatic carbocycles. The van der Waals surface area contributed by atoms with Crippen LogP contribution < -0.4 is 0 Å². The Kier molecular flexibility index (Phi) is 10.7. The fourth-order valence-electron chi connectivity index (χ4n) is 2.53. The van der Waals surface area contributed by atoms with Gasteiger partial charge in [0.1, 0.15) is 0 Å². The van der Waals surface area contributed by atoms with Crippen molar-refractivity contribution in [2.75, 3.05) is 65.6 Å². The van der Waals surface area contributed by atoms with Gasteiger partial charge in [0.25, 0.3) is 0 Å². The molecule has 1 amide bonds. The highest BCUT2D eigenvalue weighted by atomic mass is 35.5. The Bertz CT molecular complexity index is 346. The lowest BCUT2D eigenvalue weighted by Gasteiger charge is -2.36. The number of morpholine rings is 1.